The second-order valence-electron chi connectivity index (χ2n) is 5.53. The number of anilines is 1. The van der Waals surface area contributed by atoms with Crippen LogP contribution in [0.3, 0.4) is 0 Å². The average molecular weight is 308 g/mol. The van der Waals surface area contributed by atoms with Gasteiger partial charge in [0.2, 0.25) is 0 Å². The van der Waals surface area contributed by atoms with Crippen molar-refractivity contribution < 1.29 is 4.79 Å². The van der Waals surface area contributed by atoms with Crippen LogP contribution in [-0.2, 0) is 0 Å². The number of hydrogen-bond acceptors (Lipinski definition) is 3. The molecule has 0 spiro atoms. The molecule has 2 heterocycles. The molecule has 2 N–H and O–H groups in total. The summed E-state index contributed by atoms with van der Waals surface area (Å²) in [5.74, 6) is -0.101. The first kappa shape index (κ1) is 15.1. The molecule has 0 saturated carbocycles. The zero-order valence-electron chi connectivity index (χ0n) is 13.3. The molecule has 23 heavy (non-hydrogen) atoms. The molecule has 0 fully saturated rings. The lowest BCUT2D eigenvalue weighted by molar-refractivity contribution is 0.0948. The lowest BCUT2D eigenvalue weighted by Crippen LogP contribution is -2.30. The Balaban J connectivity index is 1.64. The predicted molar refractivity (Wildman–Crippen MR) is 91.9 cm³/mol. The Labute approximate surface area is 135 Å². The van der Waals surface area contributed by atoms with Gasteiger partial charge in [-0.3, -0.25) is 9.20 Å². The normalized spacial score (nSPS) is 10.7. The van der Waals surface area contributed by atoms with Gasteiger partial charge in [0.1, 0.15) is 11.3 Å². The van der Waals surface area contributed by atoms with Gasteiger partial charge >= 0.3 is 0 Å². The van der Waals surface area contributed by atoms with Gasteiger partial charge in [0.05, 0.1) is 5.69 Å². The minimum Gasteiger partial charge on any atom is -0.383 e. The number of rotatable bonds is 5. The number of aryl methyl sites for hydroxylation is 2. The smallest absolute Gasteiger partial charge is 0.270 e. The van der Waals surface area contributed by atoms with Crippen LogP contribution in [0.5, 0.6) is 0 Å². The summed E-state index contributed by atoms with van der Waals surface area (Å²) in [4.78, 5) is 16.9. The number of nitrogens with zero attached hydrogens (tertiary/aromatic N) is 2. The Hall–Kier alpha value is -2.82. The van der Waals surface area contributed by atoms with Gasteiger partial charge in [-0.25, -0.2) is 4.98 Å². The lowest BCUT2D eigenvalue weighted by Gasteiger charge is -2.08. The molecular weight excluding hydrogens is 288 g/mol. The van der Waals surface area contributed by atoms with Crippen LogP contribution in [0, 0.1) is 13.8 Å². The van der Waals surface area contributed by atoms with Crippen LogP contribution in [0.25, 0.3) is 5.65 Å². The van der Waals surface area contributed by atoms with Crippen molar-refractivity contribution in [2.24, 2.45) is 0 Å². The van der Waals surface area contributed by atoms with Crippen LogP contribution >= 0.6 is 0 Å². The molecule has 1 amide bonds. The highest BCUT2D eigenvalue weighted by molar-refractivity contribution is 5.94. The SMILES string of the molecule is Cc1ccc2nc(C)c(C(=O)NCCNc3ccccc3)n2c1. The van der Waals surface area contributed by atoms with E-state index in [0.717, 1.165) is 22.6 Å². The Morgan fingerprint density at radius 1 is 1.09 bits per heavy atom. The molecule has 3 rings (SSSR count). The average Bonchev–Trinajstić information content (AvgIpc) is 2.87. The summed E-state index contributed by atoms with van der Waals surface area (Å²) in [6.45, 7) is 5.08. The van der Waals surface area contributed by atoms with E-state index in [-0.39, 0.29) is 5.91 Å². The van der Waals surface area contributed by atoms with Crippen LogP contribution in [0.15, 0.2) is 48.7 Å². The van der Waals surface area contributed by atoms with Crippen molar-refractivity contribution in [1.82, 2.24) is 14.7 Å². The number of fused-ring (bicyclic) bond motifs is 1. The van der Waals surface area contributed by atoms with Crippen molar-refractivity contribution in [2.45, 2.75) is 13.8 Å². The Bertz CT molecular complexity index is 824. The van der Waals surface area contributed by atoms with Crippen molar-refractivity contribution >= 4 is 17.2 Å². The molecule has 5 nitrogen and oxygen atoms in total. The van der Waals surface area contributed by atoms with Gasteiger partial charge in [-0.05, 0) is 37.6 Å². The molecule has 0 aliphatic rings. The van der Waals surface area contributed by atoms with E-state index in [2.05, 4.69) is 15.6 Å². The summed E-state index contributed by atoms with van der Waals surface area (Å²) in [6, 6.07) is 13.8. The van der Waals surface area contributed by atoms with E-state index in [4.69, 9.17) is 0 Å². The van der Waals surface area contributed by atoms with Crippen LogP contribution in [0.1, 0.15) is 21.7 Å². The molecule has 0 saturated heterocycles. The van der Waals surface area contributed by atoms with Crippen LogP contribution < -0.4 is 10.6 Å². The minimum absolute atomic E-state index is 0.101. The first-order valence-corrected chi connectivity index (χ1v) is 7.67. The number of carbonyl (C=O) groups excluding carboxylic acids is 1. The minimum atomic E-state index is -0.101. The van der Waals surface area contributed by atoms with Gasteiger partial charge in [-0.15, -0.1) is 0 Å². The van der Waals surface area contributed by atoms with Crippen molar-refractivity contribution in [1.29, 1.82) is 0 Å². The van der Waals surface area contributed by atoms with E-state index >= 15 is 0 Å². The van der Waals surface area contributed by atoms with Crippen LogP contribution in [0.4, 0.5) is 5.69 Å². The summed E-state index contributed by atoms with van der Waals surface area (Å²) in [6.07, 6.45) is 1.94. The van der Waals surface area contributed by atoms with Crippen molar-refractivity contribution in [3.05, 3.63) is 65.6 Å². The van der Waals surface area contributed by atoms with Crippen molar-refractivity contribution in [3.63, 3.8) is 0 Å². The number of carbonyl (C=O) groups is 1. The molecule has 2 aromatic heterocycles. The number of aromatic nitrogens is 2. The molecule has 5 heteroatoms. The second kappa shape index (κ2) is 6.52. The summed E-state index contributed by atoms with van der Waals surface area (Å²) in [7, 11) is 0. The predicted octanol–water partition coefficient (Wildman–Crippen LogP) is 2.79. The monoisotopic (exact) mass is 308 g/mol. The number of hydrogen-bond donors (Lipinski definition) is 2. The number of pyridine rings is 1. The maximum Gasteiger partial charge on any atom is 0.270 e. The number of amides is 1. The number of para-hydroxylation sites is 1. The van der Waals surface area contributed by atoms with Crippen molar-refractivity contribution in [2.75, 3.05) is 18.4 Å². The topological polar surface area (TPSA) is 58.4 Å². The highest BCUT2D eigenvalue weighted by atomic mass is 16.1. The highest BCUT2D eigenvalue weighted by Crippen LogP contribution is 2.13. The van der Waals surface area contributed by atoms with Gasteiger partial charge in [0.15, 0.2) is 0 Å². The largest absolute Gasteiger partial charge is 0.383 e. The highest BCUT2D eigenvalue weighted by Gasteiger charge is 2.15. The molecule has 3 aromatic rings. The standard InChI is InChI=1S/C18H20N4O/c1-13-8-9-16-21-14(2)17(22(16)12-13)18(23)20-11-10-19-15-6-4-3-5-7-15/h3-9,12,19H,10-11H2,1-2H3,(H,20,23). The van der Waals surface area contributed by atoms with E-state index in [1.54, 1.807) is 0 Å². The maximum absolute atomic E-state index is 12.5. The lowest BCUT2D eigenvalue weighted by atomic mass is 10.3. The molecule has 0 radical (unpaired) electrons. The summed E-state index contributed by atoms with van der Waals surface area (Å²) < 4.78 is 1.85. The molecule has 0 bridgehead atoms. The van der Waals surface area contributed by atoms with Gasteiger partial charge < -0.3 is 10.6 Å². The first-order valence-electron chi connectivity index (χ1n) is 7.67. The number of imidazole rings is 1. The molecule has 1 aromatic carbocycles. The van der Waals surface area contributed by atoms with E-state index < -0.39 is 0 Å². The third-order valence-electron chi connectivity index (χ3n) is 3.67. The Kier molecular flexibility index (Phi) is 4.28. The van der Waals surface area contributed by atoms with Gasteiger partial charge in [0.25, 0.3) is 5.91 Å². The zero-order chi connectivity index (χ0) is 16.2. The van der Waals surface area contributed by atoms with E-state index in [0.29, 0.717) is 18.8 Å². The molecule has 0 aliphatic carbocycles. The molecule has 0 unspecified atom stereocenters. The molecule has 118 valence electrons. The zero-order valence-corrected chi connectivity index (χ0v) is 13.3. The summed E-state index contributed by atoms with van der Waals surface area (Å²) in [5, 5.41) is 6.21. The fourth-order valence-electron chi connectivity index (χ4n) is 2.56. The quantitative estimate of drug-likeness (QED) is 0.713. The third-order valence-corrected chi connectivity index (χ3v) is 3.67. The third kappa shape index (κ3) is 3.34. The Morgan fingerprint density at radius 2 is 1.87 bits per heavy atom. The van der Waals surface area contributed by atoms with Gasteiger partial charge in [-0.1, -0.05) is 24.3 Å². The molecule has 0 aliphatic heterocycles. The Morgan fingerprint density at radius 3 is 2.65 bits per heavy atom. The van der Waals surface area contributed by atoms with Gasteiger partial charge in [0, 0.05) is 25.0 Å². The van der Waals surface area contributed by atoms with Crippen LogP contribution in [-0.4, -0.2) is 28.4 Å². The number of nitrogens with one attached hydrogen (secondary N) is 2. The maximum atomic E-state index is 12.5. The summed E-state index contributed by atoms with van der Waals surface area (Å²) in [5.41, 5.74) is 4.27. The fraction of sp³-hybridized carbons (Fsp3) is 0.222. The number of benzene rings is 1. The molecular formula is C18H20N4O. The first-order chi connectivity index (χ1) is 11.1. The van der Waals surface area contributed by atoms with Crippen LogP contribution in [0.2, 0.25) is 0 Å². The second-order valence-corrected chi connectivity index (χ2v) is 5.53. The van der Waals surface area contributed by atoms with E-state index in [1.165, 1.54) is 0 Å². The fourth-order valence-corrected chi connectivity index (χ4v) is 2.56. The van der Waals surface area contributed by atoms with E-state index in [9.17, 15) is 4.79 Å². The van der Waals surface area contributed by atoms with Crippen molar-refractivity contribution in [3.8, 4) is 0 Å². The molecule has 0 atom stereocenters. The van der Waals surface area contributed by atoms with E-state index in [1.807, 2.05) is 66.9 Å². The summed E-state index contributed by atoms with van der Waals surface area (Å²) >= 11 is 0. The van der Waals surface area contributed by atoms with Gasteiger partial charge in [-0.2, -0.15) is 0 Å².